The molecule has 9 nitrogen and oxygen atoms in total. The van der Waals surface area contributed by atoms with Gasteiger partial charge in [0.05, 0.1) is 41.1 Å². The lowest BCUT2D eigenvalue weighted by atomic mass is 10.1. The monoisotopic (exact) mass is 462 g/mol. The van der Waals surface area contributed by atoms with Gasteiger partial charge >= 0.3 is 0 Å². The van der Waals surface area contributed by atoms with Gasteiger partial charge in [-0.2, -0.15) is 5.26 Å². The molecular weight excluding hydrogens is 442 g/mol. The van der Waals surface area contributed by atoms with E-state index in [2.05, 4.69) is 15.3 Å². The zero-order chi connectivity index (χ0) is 23.5. The van der Waals surface area contributed by atoms with E-state index in [0.717, 1.165) is 0 Å². The topological polar surface area (TPSA) is 130 Å². The highest BCUT2D eigenvalue weighted by atomic mass is 32.2. The molecule has 3 rings (SSSR count). The number of aromatic nitrogens is 3. The summed E-state index contributed by atoms with van der Waals surface area (Å²) in [4.78, 5) is 20.6. The number of hydrogen-bond donors (Lipinski definition) is 2. The molecule has 0 fully saturated rings. The van der Waals surface area contributed by atoms with Crippen molar-refractivity contribution in [3.8, 4) is 17.2 Å². The van der Waals surface area contributed by atoms with E-state index in [4.69, 9.17) is 5.26 Å². The molecule has 0 unspecified atom stereocenters. The van der Waals surface area contributed by atoms with Crippen LogP contribution in [-0.4, -0.2) is 35.3 Å². The van der Waals surface area contributed by atoms with E-state index in [-0.39, 0.29) is 24.2 Å². The Kier molecular flexibility index (Phi) is 6.69. The molecule has 0 saturated carbocycles. The van der Waals surface area contributed by atoms with Gasteiger partial charge in [0.15, 0.2) is 17.5 Å². The molecule has 0 bridgehead atoms. The van der Waals surface area contributed by atoms with Gasteiger partial charge in [-0.05, 0) is 12.5 Å². The van der Waals surface area contributed by atoms with E-state index in [0.29, 0.717) is 29.5 Å². The average Bonchev–Trinajstić information content (AvgIpc) is 2.74. The number of aryl methyl sites for hydroxylation is 1. The summed E-state index contributed by atoms with van der Waals surface area (Å²) in [5.41, 5.74) is -1.24. The second kappa shape index (κ2) is 9.27. The largest absolute Gasteiger partial charge is 0.369 e. The Balaban J connectivity index is 2.13. The van der Waals surface area contributed by atoms with E-state index < -0.39 is 38.6 Å². The molecule has 3 aromatic heterocycles. The number of nitrogens with zero attached hydrogens (tertiary/aromatic N) is 4. The molecular formula is C20H20F2N6O3S. The van der Waals surface area contributed by atoms with Crippen LogP contribution in [0.2, 0.25) is 0 Å². The SMILES string of the molecule is CCCS(=O)(=O)Nc1ncc(F)c(-c2cc3cnc(NCCC#N)cc3n(C)c2=O)c1F. The van der Waals surface area contributed by atoms with Gasteiger partial charge in [0.1, 0.15) is 5.82 Å². The number of pyridine rings is 3. The molecule has 3 heterocycles. The Morgan fingerprint density at radius 1 is 1.22 bits per heavy atom. The fraction of sp³-hybridized carbons (Fsp3) is 0.300. The van der Waals surface area contributed by atoms with Crippen LogP contribution in [-0.2, 0) is 17.1 Å². The van der Waals surface area contributed by atoms with E-state index in [1.165, 1.54) is 23.9 Å². The van der Waals surface area contributed by atoms with Crippen LogP contribution in [0, 0.1) is 23.0 Å². The predicted octanol–water partition coefficient (Wildman–Crippen LogP) is 2.75. The Labute approximate surface area is 182 Å². The smallest absolute Gasteiger partial charge is 0.258 e. The molecule has 0 aliphatic rings. The zero-order valence-electron chi connectivity index (χ0n) is 17.3. The van der Waals surface area contributed by atoms with Crippen LogP contribution in [0.1, 0.15) is 19.8 Å². The van der Waals surface area contributed by atoms with Crippen molar-refractivity contribution in [1.82, 2.24) is 14.5 Å². The van der Waals surface area contributed by atoms with Gasteiger partial charge in [-0.15, -0.1) is 0 Å². The molecule has 0 aliphatic carbocycles. The van der Waals surface area contributed by atoms with Crippen LogP contribution >= 0.6 is 0 Å². The molecule has 32 heavy (non-hydrogen) atoms. The maximum Gasteiger partial charge on any atom is 0.258 e. The van der Waals surface area contributed by atoms with Gasteiger partial charge < -0.3 is 9.88 Å². The summed E-state index contributed by atoms with van der Waals surface area (Å²) in [6.07, 6.45) is 2.64. The molecule has 0 aromatic carbocycles. The average molecular weight is 462 g/mol. The minimum atomic E-state index is -3.88. The number of halogens is 2. The Morgan fingerprint density at radius 3 is 2.66 bits per heavy atom. The molecule has 0 radical (unpaired) electrons. The van der Waals surface area contributed by atoms with Crippen LogP contribution in [0.3, 0.4) is 0 Å². The summed E-state index contributed by atoms with van der Waals surface area (Å²) in [6.45, 7) is 2.00. The van der Waals surface area contributed by atoms with Crippen molar-refractivity contribution < 1.29 is 17.2 Å². The second-order valence-corrected chi connectivity index (χ2v) is 8.79. The molecule has 0 aliphatic heterocycles. The van der Waals surface area contributed by atoms with Crippen LogP contribution in [0.25, 0.3) is 22.0 Å². The number of hydrogen-bond acceptors (Lipinski definition) is 7. The van der Waals surface area contributed by atoms with Gasteiger partial charge in [0.2, 0.25) is 10.0 Å². The lowest BCUT2D eigenvalue weighted by Crippen LogP contribution is -2.22. The van der Waals surface area contributed by atoms with Gasteiger partial charge in [-0.25, -0.2) is 27.2 Å². The predicted molar refractivity (Wildman–Crippen MR) is 117 cm³/mol. The highest BCUT2D eigenvalue weighted by molar-refractivity contribution is 7.92. The van der Waals surface area contributed by atoms with Crippen molar-refractivity contribution in [2.45, 2.75) is 19.8 Å². The summed E-state index contributed by atoms with van der Waals surface area (Å²) >= 11 is 0. The highest BCUT2D eigenvalue weighted by Gasteiger charge is 2.23. The summed E-state index contributed by atoms with van der Waals surface area (Å²) in [6, 6.07) is 4.86. The zero-order valence-corrected chi connectivity index (χ0v) is 18.1. The van der Waals surface area contributed by atoms with E-state index in [1.807, 2.05) is 10.8 Å². The number of anilines is 2. The second-order valence-electron chi connectivity index (χ2n) is 6.95. The van der Waals surface area contributed by atoms with Crippen molar-refractivity contribution in [2.24, 2.45) is 7.05 Å². The minimum Gasteiger partial charge on any atom is -0.369 e. The molecule has 0 spiro atoms. The van der Waals surface area contributed by atoms with Crippen LogP contribution < -0.4 is 15.6 Å². The van der Waals surface area contributed by atoms with Gasteiger partial charge in [-0.1, -0.05) is 6.92 Å². The fourth-order valence-electron chi connectivity index (χ4n) is 3.14. The first-order valence-corrected chi connectivity index (χ1v) is 11.3. The van der Waals surface area contributed by atoms with Crippen molar-refractivity contribution in [1.29, 1.82) is 5.26 Å². The molecule has 2 N–H and O–H groups in total. The standard InChI is InChI=1S/C20H20F2N6O3S/c1-3-7-32(30,31)27-19-18(22)17(14(21)11-26-19)13-8-12-10-25-16(24-6-4-5-23)9-15(12)28(2)20(13)29/h8-11H,3-4,6-7H2,1-2H3,(H,24,25)(H,26,27). The van der Waals surface area contributed by atoms with Crippen LogP contribution in [0.5, 0.6) is 0 Å². The first-order chi connectivity index (χ1) is 15.2. The van der Waals surface area contributed by atoms with Crippen molar-refractivity contribution >= 4 is 32.6 Å². The third kappa shape index (κ3) is 4.67. The lowest BCUT2D eigenvalue weighted by molar-refractivity contribution is 0.579. The van der Waals surface area contributed by atoms with Gasteiger partial charge in [-0.3, -0.25) is 9.52 Å². The van der Waals surface area contributed by atoms with E-state index in [1.54, 1.807) is 13.0 Å². The van der Waals surface area contributed by atoms with Crippen molar-refractivity contribution in [2.75, 3.05) is 22.3 Å². The Hall–Kier alpha value is -3.59. The summed E-state index contributed by atoms with van der Waals surface area (Å²) in [7, 11) is -2.44. The lowest BCUT2D eigenvalue weighted by Gasteiger charge is -2.13. The molecule has 0 atom stereocenters. The number of rotatable bonds is 8. The number of fused-ring (bicyclic) bond motifs is 1. The highest BCUT2D eigenvalue weighted by Crippen LogP contribution is 2.29. The van der Waals surface area contributed by atoms with Crippen LogP contribution in [0.15, 0.2) is 29.3 Å². The maximum absolute atomic E-state index is 15.1. The summed E-state index contributed by atoms with van der Waals surface area (Å²) in [5.74, 6) is -2.92. The first-order valence-electron chi connectivity index (χ1n) is 9.64. The first kappa shape index (κ1) is 23.1. The molecule has 168 valence electrons. The summed E-state index contributed by atoms with van der Waals surface area (Å²) in [5, 5.41) is 12.0. The number of nitriles is 1. The quantitative estimate of drug-likeness (QED) is 0.492. The number of nitrogens with one attached hydrogen (secondary N) is 2. The number of sulfonamides is 1. The Bertz CT molecular complexity index is 1380. The maximum atomic E-state index is 15.1. The van der Waals surface area contributed by atoms with Gasteiger partial charge in [0.25, 0.3) is 5.56 Å². The molecule has 0 saturated heterocycles. The molecule has 3 aromatic rings. The van der Waals surface area contributed by atoms with Crippen molar-refractivity contribution in [3.63, 3.8) is 0 Å². The normalized spacial score (nSPS) is 11.3. The van der Waals surface area contributed by atoms with Crippen molar-refractivity contribution in [3.05, 3.63) is 46.5 Å². The van der Waals surface area contributed by atoms with Gasteiger partial charge in [0, 0.05) is 31.2 Å². The minimum absolute atomic E-state index is 0.266. The fourth-order valence-corrected chi connectivity index (χ4v) is 4.21. The Morgan fingerprint density at radius 2 is 1.97 bits per heavy atom. The third-order valence-electron chi connectivity index (χ3n) is 4.62. The van der Waals surface area contributed by atoms with E-state index >= 15 is 4.39 Å². The molecule has 12 heteroatoms. The van der Waals surface area contributed by atoms with E-state index in [9.17, 15) is 17.6 Å². The molecule has 0 amide bonds. The summed E-state index contributed by atoms with van der Waals surface area (Å²) < 4.78 is 56.9. The van der Waals surface area contributed by atoms with Crippen LogP contribution in [0.4, 0.5) is 20.4 Å². The third-order valence-corrected chi connectivity index (χ3v) is 6.07.